The summed E-state index contributed by atoms with van der Waals surface area (Å²) in [5.41, 5.74) is 2.66. The highest BCUT2D eigenvalue weighted by molar-refractivity contribution is 5.40. The van der Waals surface area contributed by atoms with Gasteiger partial charge in [0.05, 0.1) is 24.1 Å². The zero-order chi connectivity index (χ0) is 13.9. The van der Waals surface area contributed by atoms with Gasteiger partial charge in [-0.25, -0.2) is 4.68 Å². The Morgan fingerprint density at radius 1 is 1.45 bits per heavy atom. The van der Waals surface area contributed by atoms with E-state index >= 15 is 0 Å². The van der Waals surface area contributed by atoms with E-state index in [-0.39, 0.29) is 5.56 Å². The standard InChI is InChI=1S/C15H18N4O/c1-11-4-3-7-16-14(11)10-19-15(20)8-13(9-17-19)18-12-5-2-6-12/h3-4,7-9,12,18H,2,5-6,10H2,1H3. The highest BCUT2D eigenvalue weighted by Crippen LogP contribution is 2.22. The summed E-state index contributed by atoms with van der Waals surface area (Å²) in [4.78, 5) is 16.4. The molecule has 1 aliphatic carbocycles. The largest absolute Gasteiger partial charge is 0.381 e. The molecule has 0 bridgehead atoms. The fraction of sp³-hybridized carbons (Fsp3) is 0.400. The first-order chi connectivity index (χ1) is 9.72. The first kappa shape index (κ1) is 12.8. The second kappa shape index (κ2) is 5.45. The smallest absolute Gasteiger partial charge is 0.269 e. The van der Waals surface area contributed by atoms with Gasteiger partial charge in [0, 0.05) is 18.3 Å². The average molecular weight is 270 g/mol. The van der Waals surface area contributed by atoms with Crippen molar-refractivity contribution in [2.75, 3.05) is 5.32 Å². The topological polar surface area (TPSA) is 59.8 Å². The van der Waals surface area contributed by atoms with Crippen molar-refractivity contribution in [3.63, 3.8) is 0 Å². The van der Waals surface area contributed by atoms with Crippen molar-refractivity contribution in [3.05, 3.63) is 52.2 Å². The monoisotopic (exact) mass is 270 g/mol. The second-order valence-corrected chi connectivity index (χ2v) is 5.28. The Morgan fingerprint density at radius 3 is 2.95 bits per heavy atom. The number of pyridine rings is 1. The van der Waals surface area contributed by atoms with E-state index in [1.807, 2.05) is 19.1 Å². The predicted molar refractivity (Wildman–Crippen MR) is 77.8 cm³/mol. The first-order valence-electron chi connectivity index (χ1n) is 6.96. The third-order valence-electron chi connectivity index (χ3n) is 3.76. The summed E-state index contributed by atoms with van der Waals surface area (Å²) >= 11 is 0. The van der Waals surface area contributed by atoms with Crippen LogP contribution in [0, 0.1) is 6.92 Å². The van der Waals surface area contributed by atoms with Crippen LogP contribution in [0.4, 0.5) is 5.69 Å². The van der Waals surface area contributed by atoms with Gasteiger partial charge in [0.2, 0.25) is 0 Å². The van der Waals surface area contributed by atoms with Crippen molar-refractivity contribution >= 4 is 5.69 Å². The van der Waals surface area contributed by atoms with E-state index in [4.69, 9.17) is 0 Å². The second-order valence-electron chi connectivity index (χ2n) is 5.28. The van der Waals surface area contributed by atoms with Crippen LogP contribution in [0.3, 0.4) is 0 Å². The number of rotatable bonds is 4. The lowest BCUT2D eigenvalue weighted by atomic mass is 9.93. The Kier molecular flexibility index (Phi) is 3.50. The van der Waals surface area contributed by atoms with Crippen LogP contribution in [0.1, 0.15) is 30.5 Å². The van der Waals surface area contributed by atoms with E-state index in [1.165, 1.54) is 23.9 Å². The van der Waals surface area contributed by atoms with Crippen molar-refractivity contribution in [3.8, 4) is 0 Å². The molecular formula is C15H18N4O. The number of aromatic nitrogens is 3. The third kappa shape index (κ3) is 2.71. The predicted octanol–water partition coefficient (Wildman–Crippen LogP) is 1.96. The molecule has 0 aromatic carbocycles. The molecule has 0 aliphatic heterocycles. The van der Waals surface area contributed by atoms with Gasteiger partial charge in [0.25, 0.3) is 5.56 Å². The summed E-state index contributed by atoms with van der Waals surface area (Å²) in [6.07, 6.45) is 7.07. The molecule has 1 aliphatic rings. The van der Waals surface area contributed by atoms with E-state index in [9.17, 15) is 4.79 Å². The van der Waals surface area contributed by atoms with Crippen LogP contribution in [0.2, 0.25) is 0 Å². The maximum Gasteiger partial charge on any atom is 0.269 e. The zero-order valence-electron chi connectivity index (χ0n) is 11.5. The molecule has 3 rings (SSSR count). The lowest BCUT2D eigenvalue weighted by molar-refractivity contribution is 0.445. The molecule has 1 N–H and O–H groups in total. The molecule has 0 radical (unpaired) electrons. The van der Waals surface area contributed by atoms with Crippen LogP contribution in [0.5, 0.6) is 0 Å². The van der Waals surface area contributed by atoms with Gasteiger partial charge in [0.15, 0.2) is 0 Å². The van der Waals surface area contributed by atoms with E-state index in [0.29, 0.717) is 12.6 Å². The summed E-state index contributed by atoms with van der Waals surface area (Å²) in [5, 5.41) is 7.56. The minimum Gasteiger partial charge on any atom is -0.381 e. The molecular weight excluding hydrogens is 252 g/mol. The Bertz CT molecular complexity index is 661. The number of anilines is 1. The van der Waals surface area contributed by atoms with Crippen molar-refractivity contribution in [1.82, 2.24) is 14.8 Å². The van der Waals surface area contributed by atoms with Gasteiger partial charge >= 0.3 is 0 Å². The summed E-state index contributed by atoms with van der Waals surface area (Å²) in [7, 11) is 0. The van der Waals surface area contributed by atoms with Crippen LogP contribution >= 0.6 is 0 Å². The van der Waals surface area contributed by atoms with E-state index < -0.39 is 0 Å². The SMILES string of the molecule is Cc1cccnc1Cn1ncc(NC2CCC2)cc1=O. The number of nitrogens with zero attached hydrogens (tertiary/aromatic N) is 3. The van der Waals surface area contributed by atoms with Crippen molar-refractivity contribution < 1.29 is 0 Å². The molecule has 0 amide bonds. The maximum absolute atomic E-state index is 12.1. The summed E-state index contributed by atoms with van der Waals surface area (Å²) in [5.74, 6) is 0. The molecule has 2 aromatic heterocycles. The maximum atomic E-state index is 12.1. The van der Waals surface area contributed by atoms with Crippen LogP contribution in [0.15, 0.2) is 35.4 Å². The highest BCUT2D eigenvalue weighted by atomic mass is 16.1. The quantitative estimate of drug-likeness (QED) is 0.922. The van der Waals surface area contributed by atoms with Gasteiger partial charge in [-0.05, 0) is 37.8 Å². The molecule has 5 nitrogen and oxygen atoms in total. The van der Waals surface area contributed by atoms with Crippen LogP contribution in [0.25, 0.3) is 0 Å². The molecule has 0 atom stereocenters. The molecule has 0 saturated heterocycles. The Labute approximate surface area is 117 Å². The van der Waals surface area contributed by atoms with Gasteiger partial charge in [0.1, 0.15) is 0 Å². The zero-order valence-corrected chi connectivity index (χ0v) is 11.5. The van der Waals surface area contributed by atoms with E-state index in [2.05, 4.69) is 15.4 Å². The molecule has 0 unspecified atom stereocenters. The first-order valence-corrected chi connectivity index (χ1v) is 6.96. The fourth-order valence-corrected chi connectivity index (χ4v) is 2.25. The summed E-state index contributed by atoms with van der Waals surface area (Å²) < 4.78 is 1.45. The minimum atomic E-state index is -0.0978. The summed E-state index contributed by atoms with van der Waals surface area (Å²) in [6, 6.07) is 5.99. The Balaban J connectivity index is 1.77. The van der Waals surface area contributed by atoms with Gasteiger partial charge in [-0.3, -0.25) is 9.78 Å². The normalized spacial score (nSPS) is 14.8. The van der Waals surface area contributed by atoms with Crippen LogP contribution in [-0.2, 0) is 6.54 Å². The Morgan fingerprint density at radius 2 is 2.30 bits per heavy atom. The molecule has 2 heterocycles. The summed E-state index contributed by atoms with van der Waals surface area (Å²) in [6.45, 7) is 2.40. The Hall–Kier alpha value is -2.17. The average Bonchev–Trinajstić information content (AvgIpc) is 2.39. The van der Waals surface area contributed by atoms with Gasteiger partial charge in [-0.2, -0.15) is 5.10 Å². The number of hydrogen-bond donors (Lipinski definition) is 1. The molecule has 1 saturated carbocycles. The molecule has 104 valence electrons. The number of nitrogens with one attached hydrogen (secondary N) is 1. The lowest BCUT2D eigenvalue weighted by Gasteiger charge is -2.27. The van der Waals surface area contributed by atoms with Crippen molar-refractivity contribution in [2.24, 2.45) is 0 Å². The van der Waals surface area contributed by atoms with Crippen LogP contribution in [-0.4, -0.2) is 20.8 Å². The van der Waals surface area contributed by atoms with Gasteiger partial charge in [-0.1, -0.05) is 6.07 Å². The molecule has 2 aromatic rings. The molecule has 0 spiro atoms. The fourth-order valence-electron chi connectivity index (χ4n) is 2.25. The third-order valence-corrected chi connectivity index (χ3v) is 3.76. The van der Waals surface area contributed by atoms with Gasteiger partial charge in [-0.15, -0.1) is 0 Å². The van der Waals surface area contributed by atoms with E-state index in [1.54, 1.807) is 18.5 Å². The van der Waals surface area contributed by atoms with Crippen LogP contribution < -0.4 is 10.9 Å². The molecule has 5 heteroatoms. The van der Waals surface area contributed by atoms with Gasteiger partial charge < -0.3 is 5.32 Å². The van der Waals surface area contributed by atoms with E-state index in [0.717, 1.165) is 16.9 Å². The molecule has 1 fully saturated rings. The molecule has 20 heavy (non-hydrogen) atoms. The lowest BCUT2D eigenvalue weighted by Crippen LogP contribution is -2.29. The van der Waals surface area contributed by atoms with Crippen molar-refractivity contribution in [1.29, 1.82) is 0 Å². The highest BCUT2D eigenvalue weighted by Gasteiger charge is 2.17. The number of hydrogen-bond acceptors (Lipinski definition) is 4. The van der Waals surface area contributed by atoms with Crippen molar-refractivity contribution in [2.45, 2.75) is 38.8 Å². The minimum absolute atomic E-state index is 0.0978. The number of aryl methyl sites for hydroxylation is 1.